The first-order valence-electron chi connectivity index (χ1n) is 28.5. The van der Waals surface area contributed by atoms with E-state index in [1.54, 1.807) is 0 Å². The third kappa shape index (κ3) is 41.8. The van der Waals surface area contributed by atoms with Crippen molar-refractivity contribution in [3.63, 3.8) is 0 Å². The molecule has 414 valence electrons. The topological polar surface area (TPSA) is 178 Å². The molecule has 71 heavy (non-hydrogen) atoms. The van der Waals surface area contributed by atoms with Crippen LogP contribution in [-0.2, 0) is 38.3 Å². The summed E-state index contributed by atoms with van der Waals surface area (Å²) in [6, 6.07) is 0. The van der Waals surface area contributed by atoms with Crippen LogP contribution in [0.5, 0.6) is 0 Å². The van der Waals surface area contributed by atoms with E-state index >= 15 is 0 Å². The van der Waals surface area contributed by atoms with Crippen LogP contribution in [0, 0.1) is 0 Å². The molecule has 1 heterocycles. The number of aliphatic hydroxyl groups excluding tert-OH is 3. The molecule has 1 aliphatic rings. The lowest BCUT2D eigenvalue weighted by atomic mass is 9.99. The van der Waals surface area contributed by atoms with Crippen molar-refractivity contribution in [1.82, 2.24) is 0 Å². The molecule has 1 rings (SSSR count). The van der Waals surface area contributed by atoms with Crippen LogP contribution in [-0.4, -0.2) is 97.5 Å². The predicted octanol–water partition coefficient (Wildman–Crippen LogP) is 14.0. The van der Waals surface area contributed by atoms with E-state index in [2.05, 4.69) is 78.8 Å². The maximum Gasteiger partial charge on any atom is 0.397 e. The summed E-state index contributed by atoms with van der Waals surface area (Å²) in [4.78, 5) is 12.9. The van der Waals surface area contributed by atoms with E-state index in [4.69, 9.17) is 18.9 Å². The summed E-state index contributed by atoms with van der Waals surface area (Å²) in [7, 11) is -5.07. The van der Waals surface area contributed by atoms with Crippen LogP contribution in [0.25, 0.3) is 0 Å². The Morgan fingerprint density at radius 1 is 0.549 bits per heavy atom. The molecule has 0 radical (unpaired) electrons. The van der Waals surface area contributed by atoms with Crippen LogP contribution in [0.4, 0.5) is 0 Å². The monoisotopic (exact) mass is 1020 g/mol. The molecule has 0 amide bonds. The zero-order valence-corrected chi connectivity index (χ0v) is 45.6. The maximum absolute atomic E-state index is 12.9. The number of hydrogen-bond acceptors (Lipinski definition) is 11. The molecular weight excluding hydrogens is 921 g/mol. The smallest absolute Gasteiger partial charge is 0.397 e. The molecule has 0 aromatic heterocycles. The lowest BCUT2D eigenvalue weighted by molar-refractivity contribution is -0.301. The van der Waals surface area contributed by atoms with Gasteiger partial charge in [0.05, 0.1) is 19.8 Å². The number of carbonyl (C=O) groups is 1. The van der Waals surface area contributed by atoms with Crippen molar-refractivity contribution in [2.24, 2.45) is 0 Å². The minimum atomic E-state index is -5.07. The van der Waals surface area contributed by atoms with Gasteiger partial charge in [0.1, 0.15) is 30.5 Å². The molecule has 4 N–H and O–H groups in total. The molecule has 6 atom stereocenters. The molecule has 0 bridgehead atoms. The Kier molecular flexibility index (Phi) is 45.9. The SMILES string of the molecule is CC/C=C\C/C=C\C/C=C\C/C=C\C/C=C\CCCCCC(=O)OC(COCCCCCCCCCCCCCCCCCCCCCCCCCCC)COC1OC(CO)C(O)C(OS(=O)(=O)O)C1O. The standard InChI is InChI=1S/C58H104O12S/c1-3-5-7-9-11-13-15-17-19-21-23-24-25-26-27-28-30-32-34-36-38-40-42-44-46-48-66-50-52(51-67-58-56(62)57(70-71(63,64)65)55(61)53(49-59)69-58)68-54(60)47-45-43-41-39-37-35-33-31-29-22-20-18-16-14-12-10-8-6-4-2/h6,8,12,14,18,20,29,31,35,37,52-53,55-59,61-62H,3-5,7,9-11,13,15-17,19,21-28,30,32-34,36,38-51H2,1-2H3,(H,63,64,65)/b8-6-,14-12-,20-18-,31-29-,37-35-. The van der Waals surface area contributed by atoms with E-state index in [1.807, 2.05) is 0 Å². The van der Waals surface area contributed by atoms with Gasteiger partial charge in [0, 0.05) is 13.0 Å². The van der Waals surface area contributed by atoms with Gasteiger partial charge in [-0.1, -0.05) is 235 Å². The van der Waals surface area contributed by atoms with Gasteiger partial charge in [0.2, 0.25) is 0 Å². The second kappa shape index (κ2) is 48.7. The second-order valence-electron chi connectivity index (χ2n) is 19.5. The van der Waals surface area contributed by atoms with Crippen molar-refractivity contribution < 1.29 is 56.2 Å². The third-order valence-corrected chi connectivity index (χ3v) is 13.4. The van der Waals surface area contributed by atoms with Gasteiger partial charge in [-0.3, -0.25) is 9.35 Å². The normalized spacial score (nSPS) is 19.4. The van der Waals surface area contributed by atoms with E-state index in [9.17, 15) is 33.1 Å². The van der Waals surface area contributed by atoms with Gasteiger partial charge in [-0.15, -0.1) is 0 Å². The van der Waals surface area contributed by atoms with Gasteiger partial charge in [0.15, 0.2) is 6.29 Å². The fraction of sp³-hybridized carbons (Fsp3) is 0.810. The molecule has 0 aliphatic carbocycles. The summed E-state index contributed by atoms with van der Waals surface area (Å²) >= 11 is 0. The average Bonchev–Trinajstić information content (AvgIpc) is 3.35. The lowest BCUT2D eigenvalue weighted by Gasteiger charge is -2.41. The Morgan fingerprint density at radius 3 is 1.41 bits per heavy atom. The van der Waals surface area contributed by atoms with E-state index in [0.29, 0.717) is 13.0 Å². The largest absolute Gasteiger partial charge is 0.457 e. The predicted molar refractivity (Wildman–Crippen MR) is 289 cm³/mol. The molecule has 1 aliphatic heterocycles. The molecule has 13 heteroatoms. The zero-order chi connectivity index (χ0) is 51.7. The fourth-order valence-corrected chi connectivity index (χ4v) is 9.15. The van der Waals surface area contributed by atoms with Crippen molar-refractivity contribution in [3.05, 3.63) is 60.8 Å². The fourth-order valence-electron chi connectivity index (χ4n) is 8.64. The first-order chi connectivity index (χ1) is 34.6. The number of esters is 1. The zero-order valence-electron chi connectivity index (χ0n) is 44.8. The minimum Gasteiger partial charge on any atom is -0.457 e. The van der Waals surface area contributed by atoms with E-state index in [0.717, 1.165) is 70.6 Å². The summed E-state index contributed by atoms with van der Waals surface area (Å²) in [5, 5.41) is 30.8. The van der Waals surface area contributed by atoms with Crippen LogP contribution < -0.4 is 0 Å². The number of hydrogen-bond donors (Lipinski definition) is 4. The van der Waals surface area contributed by atoms with Gasteiger partial charge < -0.3 is 34.3 Å². The maximum atomic E-state index is 12.9. The Hall–Kier alpha value is -2.20. The van der Waals surface area contributed by atoms with Crippen LogP contribution >= 0.6 is 0 Å². The number of unbranched alkanes of at least 4 members (excludes halogenated alkanes) is 27. The Bertz CT molecular complexity index is 1460. The van der Waals surface area contributed by atoms with Gasteiger partial charge in [-0.25, -0.2) is 4.18 Å². The van der Waals surface area contributed by atoms with Crippen LogP contribution in [0.3, 0.4) is 0 Å². The van der Waals surface area contributed by atoms with E-state index in [-0.39, 0.29) is 19.6 Å². The second-order valence-corrected chi connectivity index (χ2v) is 20.6. The van der Waals surface area contributed by atoms with Crippen molar-refractivity contribution in [2.75, 3.05) is 26.4 Å². The summed E-state index contributed by atoms with van der Waals surface area (Å²) < 4.78 is 59.4. The Labute approximate surface area is 433 Å². The van der Waals surface area contributed by atoms with Crippen LogP contribution in [0.15, 0.2) is 60.8 Å². The Morgan fingerprint density at radius 2 is 0.972 bits per heavy atom. The van der Waals surface area contributed by atoms with Crippen molar-refractivity contribution in [1.29, 1.82) is 0 Å². The van der Waals surface area contributed by atoms with Gasteiger partial charge in [0.25, 0.3) is 0 Å². The van der Waals surface area contributed by atoms with Crippen molar-refractivity contribution >= 4 is 16.4 Å². The molecule has 0 aromatic carbocycles. The summed E-state index contributed by atoms with van der Waals surface area (Å²) in [6.07, 6.45) is 54.1. The molecule has 1 saturated heterocycles. The first kappa shape index (κ1) is 66.8. The summed E-state index contributed by atoms with van der Waals surface area (Å²) in [5.74, 6) is -0.427. The number of carbonyl (C=O) groups excluding carboxylic acids is 1. The van der Waals surface area contributed by atoms with Crippen molar-refractivity contribution in [2.45, 2.75) is 275 Å². The highest BCUT2D eigenvalue weighted by Crippen LogP contribution is 2.26. The highest BCUT2D eigenvalue weighted by Gasteiger charge is 2.48. The number of aliphatic hydroxyl groups is 3. The molecule has 12 nitrogen and oxygen atoms in total. The summed E-state index contributed by atoms with van der Waals surface area (Å²) in [6.45, 7) is 3.87. The van der Waals surface area contributed by atoms with Gasteiger partial charge in [-0.05, 0) is 57.8 Å². The highest BCUT2D eigenvalue weighted by atomic mass is 32.3. The molecule has 0 spiro atoms. The first-order valence-corrected chi connectivity index (χ1v) is 29.9. The number of ether oxygens (including phenoxy) is 4. The van der Waals surface area contributed by atoms with Crippen molar-refractivity contribution in [3.8, 4) is 0 Å². The molecule has 1 fully saturated rings. The van der Waals surface area contributed by atoms with Gasteiger partial charge in [-0.2, -0.15) is 8.42 Å². The molecule has 0 aromatic rings. The molecular formula is C58H104O12S. The van der Waals surface area contributed by atoms with Gasteiger partial charge >= 0.3 is 16.4 Å². The lowest BCUT2D eigenvalue weighted by Crippen LogP contribution is -2.60. The molecule has 0 saturated carbocycles. The summed E-state index contributed by atoms with van der Waals surface area (Å²) in [5.41, 5.74) is 0. The van der Waals surface area contributed by atoms with E-state index in [1.165, 1.54) is 141 Å². The Balaban J connectivity index is 2.31. The van der Waals surface area contributed by atoms with Crippen LogP contribution in [0.2, 0.25) is 0 Å². The quantitative estimate of drug-likeness (QED) is 0.0196. The van der Waals surface area contributed by atoms with Crippen LogP contribution in [0.1, 0.15) is 239 Å². The van der Waals surface area contributed by atoms with E-state index < -0.39 is 59.8 Å². The molecule has 6 unspecified atom stereocenters. The average molecular weight is 1030 g/mol. The third-order valence-electron chi connectivity index (χ3n) is 12.9. The minimum absolute atomic E-state index is 0.0228. The number of allylic oxidation sites excluding steroid dienone is 10. The number of rotatable bonds is 50. The highest BCUT2D eigenvalue weighted by molar-refractivity contribution is 7.80.